The van der Waals surface area contributed by atoms with Crippen LogP contribution >= 0.6 is 0 Å². The minimum Gasteiger partial charge on any atom is -0.451 e. The highest BCUT2D eigenvalue weighted by molar-refractivity contribution is 5.97. The number of amides is 1. The average molecular weight is 440 g/mol. The largest absolute Gasteiger partial charge is 0.451 e. The highest BCUT2D eigenvalue weighted by Gasteiger charge is 2.32. The molecule has 1 fully saturated rings. The van der Waals surface area contributed by atoms with Gasteiger partial charge >= 0.3 is 12.1 Å². The molecular weight excluding hydrogens is 421 g/mol. The maximum absolute atomic E-state index is 13.1. The van der Waals surface area contributed by atoms with Crippen molar-refractivity contribution in [2.24, 2.45) is 7.05 Å². The molecule has 9 nitrogen and oxygen atoms in total. The predicted octanol–water partition coefficient (Wildman–Crippen LogP) is 1.43. The van der Waals surface area contributed by atoms with Gasteiger partial charge in [-0.1, -0.05) is 0 Å². The number of esters is 1. The molecular formula is C19H19F3N4O5. The van der Waals surface area contributed by atoms with E-state index in [1.165, 1.54) is 13.1 Å². The fourth-order valence-electron chi connectivity index (χ4n) is 2.89. The Labute approximate surface area is 174 Å². The van der Waals surface area contributed by atoms with Crippen LogP contribution in [0.2, 0.25) is 0 Å². The Morgan fingerprint density at radius 1 is 1.19 bits per heavy atom. The van der Waals surface area contributed by atoms with Crippen molar-refractivity contribution in [1.29, 1.82) is 0 Å². The van der Waals surface area contributed by atoms with Crippen LogP contribution in [0.1, 0.15) is 16.1 Å². The Kier molecular flexibility index (Phi) is 6.59. The van der Waals surface area contributed by atoms with Crippen LogP contribution in [0.25, 0.3) is 0 Å². The molecule has 1 saturated heterocycles. The van der Waals surface area contributed by atoms with E-state index < -0.39 is 35.8 Å². The van der Waals surface area contributed by atoms with Crippen molar-refractivity contribution in [3.8, 4) is 0 Å². The van der Waals surface area contributed by atoms with Crippen LogP contribution in [-0.4, -0.2) is 54.6 Å². The van der Waals surface area contributed by atoms with Gasteiger partial charge in [0.15, 0.2) is 12.3 Å². The van der Waals surface area contributed by atoms with Gasteiger partial charge in [-0.15, -0.1) is 0 Å². The molecule has 0 atom stereocenters. The number of carbonyl (C=O) groups is 2. The van der Waals surface area contributed by atoms with Crippen molar-refractivity contribution in [3.63, 3.8) is 0 Å². The molecule has 0 radical (unpaired) electrons. The molecule has 12 heteroatoms. The van der Waals surface area contributed by atoms with Crippen LogP contribution in [0.5, 0.6) is 0 Å². The van der Waals surface area contributed by atoms with Gasteiger partial charge in [-0.3, -0.25) is 9.59 Å². The second-order valence-corrected chi connectivity index (χ2v) is 6.63. The molecule has 31 heavy (non-hydrogen) atoms. The van der Waals surface area contributed by atoms with E-state index in [0.29, 0.717) is 32.0 Å². The maximum atomic E-state index is 13.1. The van der Waals surface area contributed by atoms with Gasteiger partial charge in [-0.05, 0) is 24.3 Å². The van der Waals surface area contributed by atoms with Crippen LogP contribution in [0.15, 0.2) is 35.1 Å². The molecule has 166 valence electrons. The first-order chi connectivity index (χ1) is 14.6. The smallest absolute Gasteiger partial charge is 0.416 e. The lowest BCUT2D eigenvalue weighted by atomic mass is 10.1. The Hall–Kier alpha value is -3.41. The Morgan fingerprint density at radius 3 is 2.55 bits per heavy atom. The van der Waals surface area contributed by atoms with Crippen molar-refractivity contribution >= 4 is 23.3 Å². The number of hydrogen-bond donors (Lipinski definition) is 1. The van der Waals surface area contributed by atoms with Gasteiger partial charge in [0.1, 0.15) is 0 Å². The molecule has 1 aromatic carbocycles. The molecule has 2 heterocycles. The standard InChI is InChI=1S/C19H19F3N4O5/c1-25-17(28)5-3-13(24-25)18(29)31-11-16(27)23-14-10-12(19(20,21)22)2-4-15(14)26-6-8-30-9-7-26/h2-5,10H,6-9,11H2,1H3,(H,23,27). The molecule has 3 rings (SSSR count). The molecule has 0 bridgehead atoms. The lowest BCUT2D eigenvalue weighted by Gasteiger charge is -2.31. The topological polar surface area (TPSA) is 103 Å². The Morgan fingerprint density at radius 2 is 1.90 bits per heavy atom. The fourth-order valence-corrected chi connectivity index (χ4v) is 2.89. The number of nitrogens with one attached hydrogen (secondary N) is 1. The van der Waals surface area contributed by atoms with E-state index >= 15 is 0 Å². The zero-order valence-corrected chi connectivity index (χ0v) is 16.4. The lowest BCUT2D eigenvalue weighted by molar-refractivity contribution is -0.137. The molecule has 2 aromatic rings. The van der Waals surface area contributed by atoms with Crippen molar-refractivity contribution in [2.45, 2.75) is 6.18 Å². The normalized spacial score (nSPS) is 14.3. The lowest BCUT2D eigenvalue weighted by Crippen LogP contribution is -2.37. The quantitative estimate of drug-likeness (QED) is 0.702. The zero-order valence-electron chi connectivity index (χ0n) is 16.4. The van der Waals surface area contributed by atoms with E-state index in [2.05, 4.69) is 10.4 Å². The summed E-state index contributed by atoms with van der Waals surface area (Å²) in [7, 11) is 1.34. The van der Waals surface area contributed by atoms with Crippen LogP contribution in [-0.2, 0) is 27.5 Å². The average Bonchev–Trinajstić information content (AvgIpc) is 2.74. The molecule has 1 amide bonds. The highest BCUT2D eigenvalue weighted by atomic mass is 19.4. The third-order valence-corrected chi connectivity index (χ3v) is 4.45. The number of benzene rings is 1. The summed E-state index contributed by atoms with van der Waals surface area (Å²) in [5, 5.41) is 6.08. The Balaban J connectivity index is 1.73. The maximum Gasteiger partial charge on any atom is 0.416 e. The molecule has 0 spiro atoms. The van der Waals surface area contributed by atoms with Crippen LogP contribution < -0.4 is 15.8 Å². The number of alkyl halides is 3. The molecule has 1 N–H and O–H groups in total. The van der Waals surface area contributed by atoms with Crippen LogP contribution in [0.3, 0.4) is 0 Å². The van der Waals surface area contributed by atoms with Crippen molar-refractivity contribution < 1.29 is 32.2 Å². The number of anilines is 2. The third kappa shape index (κ3) is 5.60. The fraction of sp³-hybridized carbons (Fsp3) is 0.368. The third-order valence-electron chi connectivity index (χ3n) is 4.45. The summed E-state index contributed by atoms with van der Waals surface area (Å²) in [6.07, 6.45) is -4.59. The van der Waals surface area contributed by atoms with Gasteiger partial charge in [0.05, 0.1) is 30.2 Å². The molecule has 0 unspecified atom stereocenters. The molecule has 1 aliphatic rings. The monoisotopic (exact) mass is 440 g/mol. The van der Waals surface area contributed by atoms with Gasteiger partial charge in [-0.25, -0.2) is 9.48 Å². The van der Waals surface area contributed by atoms with Gasteiger partial charge in [0.25, 0.3) is 11.5 Å². The number of ether oxygens (including phenoxy) is 2. The number of rotatable bonds is 5. The van der Waals surface area contributed by atoms with E-state index in [1.54, 1.807) is 4.90 Å². The van der Waals surface area contributed by atoms with Crippen LogP contribution in [0, 0.1) is 0 Å². The number of morpholine rings is 1. The van der Waals surface area contributed by atoms with E-state index in [0.717, 1.165) is 28.9 Å². The van der Waals surface area contributed by atoms with E-state index in [-0.39, 0.29) is 11.4 Å². The predicted molar refractivity (Wildman–Crippen MR) is 103 cm³/mol. The second kappa shape index (κ2) is 9.16. The summed E-state index contributed by atoms with van der Waals surface area (Å²) in [6, 6.07) is 5.31. The van der Waals surface area contributed by atoms with Crippen molar-refractivity contribution in [2.75, 3.05) is 43.1 Å². The molecule has 0 saturated carbocycles. The van der Waals surface area contributed by atoms with Crippen molar-refractivity contribution in [3.05, 3.63) is 51.9 Å². The summed E-state index contributed by atoms with van der Waals surface area (Å²) in [4.78, 5) is 37.4. The highest BCUT2D eigenvalue weighted by Crippen LogP contribution is 2.35. The summed E-state index contributed by atoms with van der Waals surface area (Å²) in [6.45, 7) is 0.947. The number of nitrogens with zero attached hydrogens (tertiary/aromatic N) is 3. The SMILES string of the molecule is Cn1nc(C(=O)OCC(=O)Nc2cc(C(F)(F)F)ccc2N2CCOCC2)ccc1=O. The van der Waals surface area contributed by atoms with E-state index in [9.17, 15) is 27.6 Å². The summed E-state index contributed by atoms with van der Waals surface area (Å²) >= 11 is 0. The Bertz CT molecular complexity index is 1030. The van der Waals surface area contributed by atoms with E-state index in [1.807, 2.05) is 0 Å². The summed E-state index contributed by atoms with van der Waals surface area (Å²) < 4.78 is 50.4. The van der Waals surface area contributed by atoms with Gasteiger partial charge in [0.2, 0.25) is 0 Å². The first-order valence-electron chi connectivity index (χ1n) is 9.20. The first-order valence-corrected chi connectivity index (χ1v) is 9.20. The van der Waals surface area contributed by atoms with Crippen LogP contribution in [0.4, 0.5) is 24.5 Å². The van der Waals surface area contributed by atoms with Gasteiger partial charge < -0.3 is 19.7 Å². The molecule has 0 aliphatic carbocycles. The molecule has 1 aromatic heterocycles. The van der Waals surface area contributed by atoms with Gasteiger partial charge in [-0.2, -0.15) is 18.3 Å². The van der Waals surface area contributed by atoms with Gasteiger partial charge in [0, 0.05) is 26.2 Å². The zero-order chi connectivity index (χ0) is 22.6. The second-order valence-electron chi connectivity index (χ2n) is 6.63. The number of halogens is 3. The number of carbonyl (C=O) groups excluding carboxylic acids is 2. The van der Waals surface area contributed by atoms with Crippen molar-refractivity contribution in [1.82, 2.24) is 9.78 Å². The summed E-state index contributed by atoms with van der Waals surface area (Å²) in [5.41, 5.74) is -1.21. The van der Waals surface area contributed by atoms with E-state index in [4.69, 9.17) is 9.47 Å². The summed E-state index contributed by atoms with van der Waals surface area (Å²) in [5.74, 6) is -1.78. The number of aryl methyl sites for hydroxylation is 1. The number of hydrogen-bond acceptors (Lipinski definition) is 7. The minimum atomic E-state index is -4.59. The minimum absolute atomic E-state index is 0.0574. The first kappa shape index (κ1) is 22.3. The molecule has 1 aliphatic heterocycles. The number of aromatic nitrogens is 2.